The average molecular weight is 330 g/mol. The van der Waals surface area contributed by atoms with Crippen molar-refractivity contribution in [3.05, 3.63) is 45.4 Å². The molecule has 0 spiro atoms. The van der Waals surface area contributed by atoms with Crippen molar-refractivity contribution >= 4 is 17.5 Å². The van der Waals surface area contributed by atoms with E-state index in [1.807, 2.05) is 0 Å². The molecule has 0 bridgehead atoms. The van der Waals surface area contributed by atoms with E-state index in [-0.39, 0.29) is 24.0 Å². The number of halogens is 2. The number of rotatable bonds is 7. The molecule has 0 saturated heterocycles. The Bertz CT molecular complexity index is 701. The predicted octanol–water partition coefficient (Wildman–Crippen LogP) is 1.28. The fraction of sp³-hybridized carbons (Fsp3) is 0.308. The van der Waals surface area contributed by atoms with Crippen LogP contribution in [0.4, 0.5) is 4.39 Å². The first-order chi connectivity index (χ1) is 10.5. The van der Waals surface area contributed by atoms with Crippen LogP contribution in [-0.4, -0.2) is 29.2 Å². The summed E-state index contributed by atoms with van der Waals surface area (Å²) in [5, 5.41) is 6.10. The normalized spacial score (nSPS) is 10.5. The lowest BCUT2D eigenvalue weighted by Gasteiger charge is -2.07. The number of hydrogen-bond acceptors (Lipinski definition) is 5. The van der Waals surface area contributed by atoms with Gasteiger partial charge in [0.05, 0.1) is 18.1 Å². The maximum Gasteiger partial charge on any atom is 0.438 e. The van der Waals surface area contributed by atoms with Gasteiger partial charge in [-0.15, -0.1) is 0 Å². The Morgan fingerprint density at radius 1 is 1.50 bits per heavy atom. The summed E-state index contributed by atoms with van der Waals surface area (Å²) in [6.07, 6.45) is 0.459. The number of nitrogens with zero attached hydrogens (tertiary/aromatic N) is 1. The van der Waals surface area contributed by atoms with E-state index in [1.54, 1.807) is 0 Å². The van der Waals surface area contributed by atoms with Crippen LogP contribution in [0.3, 0.4) is 0 Å². The van der Waals surface area contributed by atoms with Crippen LogP contribution in [0, 0.1) is 5.82 Å². The Labute approximate surface area is 129 Å². The third kappa shape index (κ3) is 4.88. The molecular formula is C13H13ClFN3O4. The zero-order valence-corrected chi connectivity index (χ0v) is 12.2. The first-order valence-corrected chi connectivity index (χ1v) is 6.82. The summed E-state index contributed by atoms with van der Waals surface area (Å²) < 4.78 is 22.7. The van der Waals surface area contributed by atoms with Crippen LogP contribution in [0.25, 0.3) is 0 Å². The van der Waals surface area contributed by atoms with Crippen LogP contribution in [0.1, 0.15) is 12.2 Å². The minimum Gasteiger partial charge on any atom is -0.493 e. The SMILES string of the molecule is O=C(CCOc1ccc(Cl)c(F)c1)NCCc1noc(=O)[nH]1. The highest BCUT2D eigenvalue weighted by molar-refractivity contribution is 6.30. The number of benzene rings is 1. The van der Waals surface area contributed by atoms with E-state index in [4.69, 9.17) is 16.3 Å². The molecule has 7 nitrogen and oxygen atoms in total. The second kappa shape index (κ2) is 7.60. The Kier molecular flexibility index (Phi) is 5.54. The Hall–Kier alpha value is -2.35. The van der Waals surface area contributed by atoms with Gasteiger partial charge in [0.15, 0.2) is 5.82 Å². The van der Waals surface area contributed by atoms with Crippen LogP contribution in [0.15, 0.2) is 27.5 Å². The van der Waals surface area contributed by atoms with Crippen molar-refractivity contribution in [1.29, 1.82) is 0 Å². The summed E-state index contributed by atoms with van der Waals surface area (Å²) in [4.78, 5) is 24.6. The van der Waals surface area contributed by atoms with Crippen molar-refractivity contribution in [2.45, 2.75) is 12.8 Å². The van der Waals surface area contributed by atoms with Crippen molar-refractivity contribution in [3.63, 3.8) is 0 Å². The van der Waals surface area contributed by atoms with Crippen molar-refractivity contribution in [2.75, 3.05) is 13.2 Å². The molecule has 0 aliphatic carbocycles. The number of ether oxygens (including phenoxy) is 1. The molecule has 0 saturated carbocycles. The highest BCUT2D eigenvalue weighted by Gasteiger charge is 2.05. The minimum absolute atomic E-state index is 0.0102. The van der Waals surface area contributed by atoms with Crippen molar-refractivity contribution in [3.8, 4) is 5.75 Å². The standard InChI is InChI=1S/C13H13ClFN3O4/c14-9-2-1-8(7-10(9)15)21-6-4-12(19)16-5-3-11-17-13(20)22-18-11/h1-2,7H,3-6H2,(H,16,19)(H,17,18,20). The van der Waals surface area contributed by atoms with Gasteiger partial charge in [0.25, 0.3) is 0 Å². The van der Waals surface area contributed by atoms with Gasteiger partial charge >= 0.3 is 5.76 Å². The molecule has 0 unspecified atom stereocenters. The van der Waals surface area contributed by atoms with Gasteiger partial charge in [0.1, 0.15) is 11.6 Å². The van der Waals surface area contributed by atoms with E-state index in [0.717, 1.165) is 6.07 Å². The summed E-state index contributed by atoms with van der Waals surface area (Å²) in [6, 6.07) is 4.05. The van der Waals surface area contributed by atoms with Gasteiger partial charge in [-0.2, -0.15) is 0 Å². The van der Waals surface area contributed by atoms with Crippen LogP contribution in [0.5, 0.6) is 5.75 Å². The first kappa shape index (κ1) is 16.0. The number of amides is 1. The Balaban J connectivity index is 1.65. The molecule has 1 heterocycles. The zero-order valence-electron chi connectivity index (χ0n) is 11.4. The van der Waals surface area contributed by atoms with Crippen LogP contribution >= 0.6 is 11.6 Å². The maximum absolute atomic E-state index is 13.2. The summed E-state index contributed by atoms with van der Waals surface area (Å²) in [7, 11) is 0. The van der Waals surface area contributed by atoms with E-state index in [1.165, 1.54) is 12.1 Å². The quantitative estimate of drug-likeness (QED) is 0.797. The molecule has 22 heavy (non-hydrogen) atoms. The van der Waals surface area contributed by atoms with E-state index in [2.05, 4.69) is 20.0 Å². The molecule has 2 rings (SSSR count). The van der Waals surface area contributed by atoms with Gasteiger partial charge in [-0.3, -0.25) is 14.3 Å². The molecule has 0 aliphatic heterocycles. The Morgan fingerprint density at radius 2 is 2.32 bits per heavy atom. The number of H-pyrrole nitrogens is 1. The molecule has 1 aromatic heterocycles. The second-order valence-corrected chi connectivity index (χ2v) is 4.72. The average Bonchev–Trinajstić information content (AvgIpc) is 2.88. The molecule has 0 atom stereocenters. The number of carbonyl (C=O) groups is 1. The zero-order chi connectivity index (χ0) is 15.9. The van der Waals surface area contributed by atoms with Crippen molar-refractivity contribution in [2.24, 2.45) is 0 Å². The molecule has 9 heteroatoms. The molecule has 1 amide bonds. The van der Waals surface area contributed by atoms with E-state index < -0.39 is 11.6 Å². The molecular weight excluding hydrogens is 317 g/mol. The third-order valence-corrected chi connectivity index (χ3v) is 2.96. The van der Waals surface area contributed by atoms with Crippen LogP contribution in [-0.2, 0) is 11.2 Å². The van der Waals surface area contributed by atoms with Crippen LogP contribution < -0.4 is 15.8 Å². The topological polar surface area (TPSA) is 97.2 Å². The highest BCUT2D eigenvalue weighted by atomic mass is 35.5. The molecule has 2 aromatic rings. The van der Waals surface area contributed by atoms with Gasteiger partial charge in [0.2, 0.25) is 5.91 Å². The maximum atomic E-state index is 13.2. The molecule has 1 aromatic carbocycles. The van der Waals surface area contributed by atoms with Crippen LogP contribution in [0.2, 0.25) is 5.02 Å². The second-order valence-electron chi connectivity index (χ2n) is 4.32. The largest absolute Gasteiger partial charge is 0.493 e. The fourth-order valence-electron chi connectivity index (χ4n) is 1.61. The number of aromatic amines is 1. The lowest BCUT2D eigenvalue weighted by molar-refractivity contribution is -0.121. The number of nitrogens with one attached hydrogen (secondary N) is 2. The van der Waals surface area contributed by atoms with Gasteiger partial charge in [0, 0.05) is 19.0 Å². The van der Waals surface area contributed by atoms with Gasteiger partial charge in [-0.25, -0.2) is 9.18 Å². The van der Waals surface area contributed by atoms with Crippen molar-refractivity contribution < 1.29 is 18.4 Å². The van der Waals surface area contributed by atoms with Gasteiger partial charge in [-0.05, 0) is 12.1 Å². The number of carbonyl (C=O) groups excluding carboxylic acids is 1. The van der Waals surface area contributed by atoms with E-state index >= 15 is 0 Å². The lowest BCUT2D eigenvalue weighted by Crippen LogP contribution is -2.27. The summed E-state index contributed by atoms with van der Waals surface area (Å²) in [5.41, 5.74) is 0. The minimum atomic E-state index is -0.634. The number of aromatic nitrogens is 2. The summed E-state index contributed by atoms with van der Waals surface area (Å²) in [6.45, 7) is 0.407. The third-order valence-electron chi connectivity index (χ3n) is 2.66. The van der Waals surface area contributed by atoms with Gasteiger partial charge < -0.3 is 10.1 Å². The lowest BCUT2D eigenvalue weighted by atomic mass is 10.3. The predicted molar refractivity (Wildman–Crippen MR) is 75.4 cm³/mol. The summed E-state index contributed by atoms with van der Waals surface area (Å²) in [5.74, 6) is -0.788. The van der Waals surface area contributed by atoms with E-state index in [0.29, 0.717) is 24.5 Å². The number of hydrogen-bond donors (Lipinski definition) is 2. The smallest absolute Gasteiger partial charge is 0.438 e. The fourth-order valence-corrected chi connectivity index (χ4v) is 1.72. The first-order valence-electron chi connectivity index (χ1n) is 6.44. The van der Waals surface area contributed by atoms with E-state index in [9.17, 15) is 14.0 Å². The highest BCUT2D eigenvalue weighted by Crippen LogP contribution is 2.20. The summed E-state index contributed by atoms with van der Waals surface area (Å²) >= 11 is 5.55. The van der Waals surface area contributed by atoms with Gasteiger partial charge in [-0.1, -0.05) is 16.8 Å². The molecule has 118 valence electrons. The Morgan fingerprint density at radius 3 is 3.00 bits per heavy atom. The molecule has 2 N–H and O–H groups in total. The monoisotopic (exact) mass is 329 g/mol. The molecule has 0 fully saturated rings. The molecule has 0 aliphatic rings. The molecule has 0 radical (unpaired) electrons. The van der Waals surface area contributed by atoms with Crippen molar-refractivity contribution in [1.82, 2.24) is 15.5 Å².